The van der Waals surface area contributed by atoms with Crippen LogP contribution in [-0.4, -0.2) is 59.8 Å². The van der Waals surface area contributed by atoms with Crippen LogP contribution >= 0.6 is 0 Å². The van der Waals surface area contributed by atoms with E-state index in [0.717, 1.165) is 17.4 Å². The van der Waals surface area contributed by atoms with Crippen molar-refractivity contribution in [2.45, 2.75) is 38.4 Å². The summed E-state index contributed by atoms with van der Waals surface area (Å²) in [5.41, 5.74) is 2.12. The third-order valence-electron chi connectivity index (χ3n) is 5.93. The second-order valence-electron chi connectivity index (χ2n) is 9.28. The van der Waals surface area contributed by atoms with Crippen LogP contribution < -0.4 is 4.74 Å². The van der Waals surface area contributed by atoms with E-state index < -0.39 is 33.4 Å². The molecule has 11 heteroatoms. The van der Waals surface area contributed by atoms with Crippen molar-refractivity contribution >= 4 is 56.4 Å². The SMILES string of the molecule is BCc1cc(CB)c(OC(=O)c2cccc3c(C(=O)OC(C)(C)CS(=O)(=O)O)cccc23)c(CB)c1. The van der Waals surface area contributed by atoms with Gasteiger partial charge in [0.15, 0.2) is 0 Å². The summed E-state index contributed by atoms with van der Waals surface area (Å²) in [5, 5.41) is 0.971. The molecule has 0 heterocycles. The van der Waals surface area contributed by atoms with Crippen LogP contribution in [0.2, 0.25) is 0 Å². The first-order valence-corrected chi connectivity index (χ1v) is 13.6. The quantitative estimate of drug-likeness (QED) is 0.202. The van der Waals surface area contributed by atoms with Crippen LogP contribution in [0.25, 0.3) is 10.8 Å². The van der Waals surface area contributed by atoms with Crippen LogP contribution in [0, 0.1) is 0 Å². The number of esters is 2. The number of fused-ring (bicyclic) bond motifs is 1. The van der Waals surface area contributed by atoms with Crippen molar-refractivity contribution in [1.29, 1.82) is 0 Å². The van der Waals surface area contributed by atoms with E-state index in [0.29, 0.717) is 34.7 Å². The van der Waals surface area contributed by atoms with Crippen molar-refractivity contribution in [2.24, 2.45) is 0 Å². The molecular formula is C25H29B3O7S. The zero-order valence-electron chi connectivity index (χ0n) is 21.3. The van der Waals surface area contributed by atoms with E-state index in [1.54, 1.807) is 30.3 Å². The first kappa shape index (κ1) is 27.6. The number of carbonyl (C=O) groups excluding carboxylic acids is 2. The first-order valence-electron chi connectivity index (χ1n) is 12.0. The van der Waals surface area contributed by atoms with Gasteiger partial charge >= 0.3 is 11.9 Å². The highest BCUT2D eigenvalue weighted by molar-refractivity contribution is 7.85. The third kappa shape index (κ3) is 6.39. The molecule has 3 aromatic carbocycles. The highest BCUT2D eigenvalue weighted by Crippen LogP contribution is 2.30. The minimum absolute atomic E-state index is 0.168. The van der Waals surface area contributed by atoms with Crippen molar-refractivity contribution in [3.63, 3.8) is 0 Å². The van der Waals surface area contributed by atoms with Crippen molar-refractivity contribution < 1.29 is 32.0 Å². The second-order valence-corrected chi connectivity index (χ2v) is 10.7. The molecule has 0 unspecified atom stereocenters. The van der Waals surface area contributed by atoms with Gasteiger partial charge in [0.05, 0.1) is 11.1 Å². The van der Waals surface area contributed by atoms with E-state index in [4.69, 9.17) is 14.0 Å². The summed E-state index contributed by atoms with van der Waals surface area (Å²) in [6, 6.07) is 14.0. The lowest BCUT2D eigenvalue weighted by Crippen LogP contribution is -2.35. The lowest BCUT2D eigenvalue weighted by molar-refractivity contribution is 0.00805. The molecule has 0 bridgehead atoms. The van der Waals surface area contributed by atoms with Crippen LogP contribution in [0.15, 0.2) is 48.5 Å². The molecule has 36 heavy (non-hydrogen) atoms. The monoisotopic (exact) mass is 506 g/mol. The van der Waals surface area contributed by atoms with Gasteiger partial charge in [-0.25, -0.2) is 9.59 Å². The van der Waals surface area contributed by atoms with Crippen molar-refractivity contribution in [3.05, 3.63) is 76.3 Å². The van der Waals surface area contributed by atoms with Crippen molar-refractivity contribution in [3.8, 4) is 5.75 Å². The highest BCUT2D eigenvalue weighted by atomic mass is 32.2. The van der Waals surface area contributed by atoms with Crippen LogP contribution in [0.4, 0.5) is 0 Å². The van der Waals surface area contributed by atoms with Gasteiger partial charge in [-0.1, -0.05) is 60.9 Å². The predicted molar refractivity (Wildman–Crippen MR) is 148 cm³/mol. The summed E-state index contributed by atoms with van der Waals surface area (Å²) in [5.74, 6) is -1.48. The molecule has 0 saturated carbocycles. The maximum Gasteiger partial charge on any atom is 0.344 e. The topological polar surface area (TPSA) is 107 Å². The van der Waals surface area contributed by atoms with Crippen LogP contribution in [-0.2, 0) is 33.8 Å². The van der Waals surface area contributed by atoms with Gasteiger partial charge in [0, 0.05) is 0 Å². The lowest BCUT2D eigenvalue weighted by atomic mass is 9.85. The van der Waals surface area contributed by atoms with Crippen LogP contribution in [0.3, 0.4) is 0 Å². The van der Waals surface area contributed by atoms with Crippen LogP contribution in [0.5, 0.6) is 5.75 Å². The molecule has 0 aliphatic rings. The molecule has 0 amide bonds. The Bertz CT molecular complexity index is 1390. The van der Waals surface area contributed by atoms with Crippen molar-refractivity contribution in [2.75, 3.05) is 5.75 Å². The number of benzene rings is 3. The summed E-state index contributed by atoms with van der Waals surface area (Å²) in [6.45, 7) is 2.79. The molecule has 1 N–H and O–H groups in total. The summed E-state index contributed by atoms with van der Waals surface area (Å²) >= 11 is 0. The van der Waals surface area contributed by atoms with Gasteiger partial charge in [-0.3, -0.25) is 4.55 Å². The van der Waals surface area contributed by atoms with Gasteiger partial charge in [0.25, 0.3) is 10.1 Å². The van der Waals surface area contributed by atoms with Crippen LogP contribution in [0.1, 0.15) is 51.3 Å². The Hall–Kier alpha value is -3.04. The fourth-order valence-electron chi connectivity index (χ4n) is 4.28. The molecule has 0 fully saturated rings. The zero-order valence-corrected chi connectivity index (χ0v) is 22.1. The van der Waals surface area contributed by atoms with E-state index in [1.807, 2.05) is 15.7 Å². The minimum atomic E-state index is -4.35. The number of carbonyl (C=O) groups is 2. The largest absolute Gasteiger partial charge is 0.455 e. The molecule has 0 radical (unpaired) electrons. The maximum atomic E-state index is 13.4. The third-order valence-corrected chi connectivity index (χ3v) is 6.99. The molecule has 0 saturated heterocycles. The van der Waals surface area contributed by atoms with E-state index >= 15 is 0 Å². The normalized spacial score (nSPS) is 11.9. The zero-order chi connectivity index (χ0) is 26.7. The molecule has 0 spiro atoms. The summed E-state index contributed by atoms with van der Waals surface area (Å²) in [4.78, 5) is 26.3. The molecule has 3 aromatic rings. The number of hydrogen-bond acceptors (Lipinski definition) is 6. The molecule has 0 aliphatic carbocycles. The average molecular weight is 506 g/mol. The molecule has 0 aliphatic heterocycles. The van der Waals surface area contributed by atoms with E-state index in [2.05, 4.69) is 20.0 Å². The molecule has 3 rings (SSSR count). The van der Waals surface area contributed by atoms with Gasteiger partial charge in [0.1, 0.15) is 40.6 Å². The Morgan fingerprint density at radius 1 is 0.861 bits per heavy atom. The number of rotatable bonds is 9. The highest BCUT2D eigenvalue weighted by Gasteiger charge is 2.30. The Labute approximate surface area is 214 Å². The molecule has 7 nitrogen and oxygen atoms in total. The van der Waals surface area contributed by atoms with E-state index in [1.165, 1.54) is 25.5 Å². The molecular weight excluding hydrogens is 477 g/mol. The Balaban J connectivity index is 1.99. The molecule has 186 valence electrons. The standard InChI is InChI=1S/C25H29B3O7S/c1-25(2,14-36(31,32)33)35-24(30)21-8-4-5-18-19(21)6-3-7-20(18)23(29)34-22-16(12-27)9-15(11-26)10-17(22)13-28/h3-10H,11-14,26-28H2,1-2H3,(H,31,32,33). The number of ether oxygens (including phenoxy) is 2. The Kier molecular flexibility index (Phi) is 8.36. The average Bonchev–Trinajstić information content (AvgIpc) is 2.81. The molecule has 0 aromatic heterocycles. The predicted octanol–water partition coefficient (Wildman–Crippen LogP) is 1.28. The van der Waals surface area contributed by atoms with Gasteiger partial charge < -0.3 is 9.47 Å². The second kappa shape index (κ2) is 10.9. The van der Waals surface area contributed by atoms with Crippen molar-refractivity contribution in [1.82, 2.24) is 0 Å². The smallest absolute Gasteiger partial charge is 0.344 e. The fraction of sp³-hybridized carbons (Fsp3) is 0.280. The van der Waals surface area contributed by atoms with Gasteiger partial charge in [0.2, 0.25) is 0 Å². The maximum absolute atomic E-state index is 13.4. The van der Waals surface area contributed by atoms with Gasteiger partial charge in [-0.15, -0.1) is 0 Å². The van der Waals surface area contributed by atoms with Gasteiger partial charge in [-0.05, 0) is 47.9 Å². The Morgan fingerprint density at radius 3 is 1.81 bits per heavy atom. The Morgan fingerprint density at radius 2 is 1.36 bits per heavy atom. The van der Waals surface area contributed by atoms with E-state index in [-0.39, 0.29) is 5.56 Å². The van der Waals surface area contributed by atoms with E-state index in [9.17, 15) is 18.0 Å². The van der Waals surface area contributed by atoms with Gasteiger partial charge in [-0.2, -0.15) is 8.42 Å². The summed E-state index contributed by atoms with van der Waals surface area (Å²) < 4.78 is 43.1. The molecule has 0 atom stereocenters. The lowest BCUT2D eigenvalue weighted by Gasteiger charge is -2.24. The fourth-order valence-corrected chi connectivity index (χ4v) is 5.21. The first-order chi connectivity index (χ1) is 16.9. The summed E-state index contributed by atoms with van der Waals surface area (Å²) in [6.07, 6.45) is 2.32. The summed E-state index contributed by atoms with van der Waals surface area (Å²) in [7, 11) is 1.77. The minimum Gasteiger partial charge on any atom is -0.455 e. The number of hydrogen-bond donors (Lipinski definition) is 1.